The highest BCUT2D eigenvalue weighted by Gasteiger charge is 2.28. The Morgan fingerprint density at radius 3 is 3.15 bits per heavy atom. The number of ketones is 1. The van der Waals surface area contributed by atoms with Crippen molar-refractivity contribution in [3.63, 3.8) is 0 Å². The number of hydrogen-bond acceptors (Lipinski definition) is 4. The Labute approximate surface area is 76.3 Å². The first-order chi connectivity index (χ1) is 6.31. The number of Topliss-reactive ketones (excluding diaryl/α,β-unsaturated/α-hetero) is 1. The fourth-order valence-corrected chi connectivity index (χ4v) is 1.23. The first kappa shape index (κ1) is 8.44. The van der Waals surface area contributed by atoms with E-state index < -0.39 is 0 Å². The maximum atomic E-state index is 11.3. The van der Waals surface area contributed by atoms with Gasteiger partial charge in [0.1, 0.15) is 5.76 Å². The summed E-state index contributed by atoms with van der Waals surface area (Å²) in [6, 6.07) is 1.76. The summed E-state index contributed by atoms with van der Waals surface area (Å²) in [5.74, 6) is 1.36. The molecule has 70 valence electrons. The summed E-state index contributed by atoms with van der Waals surface area (Å²) in [6.07, 6.45) is 2.32. The Balaban J connectivity index is 2.07. The first-order valence-corrected chi connectivity index (χ1v) is 4.45. The average Bonchev–Trinajstić information content (AvgIpc) is 2.84. The number of rotatable bonds is 4. The van der Waals surface area contributed by atoms with Crippen LogP contribution in [-0.4, -0.2) is 24.5 Å². The maximum absolute atomic E-state index is 11.3. The van der Waals surface area contributed by atoms with Crippen LogP contribution in [0.2, 0.25) is 0 Å². The Hall–Kier alpha value is -1.16. The quantitative estimate of drug-likeness (QED) is 0.701. The van der Waals surface area contributed by atoms with Crippen molar-refractivity contribution in [3.05, 3.63) is 17.5 Å². The van der Waals surface area contributed by atoms with Gasteiger partial charge in [0.25, 0.3) is 0 Å². The largest absolute Gasteiger partial charge is 0.360 e. The van der Waals surface area contributed by atoms with Crippen LogP contribution in [0.1, 0.15) is 35.0 Å². The topological polar surface area (TPSA) is 55.1 Å². The third-order valence-electron chi connectivity index (χ3n) is 2.13. The molecule has 0 unspecified atom stereocenters. The van der Waals surface area contributed by atoms with Gasteiger partial charge in [0.2, 0.25) is 0 Å². The molecule has 2 rings (SSSR count). The second-order valence-corrected chi connectivity index (χ2v) is 3.34. The van der Waals surface area contributed by atoms with E-state index in [0.29, 0.717) is 18.2 Å². The van der Waals surface area contributed by atoms with Crippen LogP contribution in [0.3, 0.4) is 0 Å². The number of likely N-dealkylation sites (N-methyl/N-ethyl adjacent to an activating group) is 1. The summed E-state index contributed by atoms with van der Waals surface area (Å²) in [4.78, 5) is 11.3. The molecule has 1 aliphatic carbocycles. The van der Waals surface area contributed by atoms with Gasteiger partial charge in [-0.05, 0) is 19.9 Å². The molecule has 1 aliphatic rings. The molecule has 13 heavy (non-hydrogen) atoms. The Kier molecular flexibility index (Phi) is 2.14. The molecule has 0 aliphatic heterocycles. The second-order valence-electron chi connectivity index (χ2n) is 3.34. The van der Waals surface area contributed by atoms with Gasteiger partial charge in [-0.3, -0.25) is 4.79 Å². The fraction of sp³-hybridized carbons (Fsp3) is 0.556. The monoisotopic (exact) mass is 180 g/mol. The highest BCUT2D eigenvalue weighted by atomic mass is 16.5. The predicted octanol–water partition coefficient (Wildman–Crippen LogP) is 0.954. The SMILES string of the molecule is CNCC(=O)c1cc(C2CC2)on1. The highest BCUT2D eigenvalue weighted by molar-refractivity contribution is 5.95. The fourth-order valence-electron chi connectivity index (χ4n) is 1.23. The zero-order valence-electron chi connectivity index (χ0n) is 7.54. The van der Waals surface area contributed by atoms with Gasteiger partial charge in [-0.15, -0.1) is 0 Å². The molecule has 1 fully saturated rings. The van der Waals surface area contributed by atoms with E-state index in [2.05, 4.69) is 10.5 Å². The van der Waals surface area contributed by atoms with E-state index in [9.17, 15) is 4.79 Å². The third-order valence-corrected chi connectivity index (χ3v) is 2.13. The van der Waals surface area contributed by atoms with E-state index in [0.717, 1.165) is 18.6 Å². The van der Waals surface area contributed by atoms with Crippen LogP contribution in [-0.2, 0) is 0 Å². The molecular weight excluding hydrogens is 168 g/mol. The molecule has 1 aromatic rings. The average molecular weight is 180 g/mol. The predicted molar refractivity (Wildman–Crippen MR) is 46.7 cm³/mol. The van der Waals surface area contributed by atoms with Crippen molar-refractivity contribution in [2.75, 3.05) is 13.6 Å². The van der Waals surface area contributed by atoms with E-state index in [1.54, 1.807) is 13.1 Å². The molecule has 1 N–H and O–H groups in total. The zero-order valence-corrected chi connectivity index (χ0v) is 7.54. The van der Waals surface area contributed by atoms with E-state index in [-0.39, 0.29) is 5.78 Å². The lowest BCUT2D eigenvalue weighted by molar-refractivity contribution is 0.0985. The van der Waals surface area contributed by atoms with E-state index in [1.165, 1.54) is 0 Å². The lowest BCUT2D eigenvalue weighted by Gasteiger charge is -1.91. The van der Waals surface area contributed by atoms with Gasteiger partial charge in [-0.25, -0.2) is 0 Å². The molecule has 4 heteroatoms. The lowest BCUT2D eigenvalue weighted by Crippen LogP contribution is -2.18. The number of nitrogens with zero attached hydrogens (tertiary/aromatic N) is 1. The molecule has 0 saturated heterocycles. The van der Waals surface area contributed by atoms with Crippen molar-refractivity contribution in [1.82, 2.24) is 10.5 Å². The summed E-state index contributed by atoms with van der Waals surface area (Å²) in [5.41, 5.74) is 0.441. The molecule has 0 radical (unpaired) electrons. The molecule has 0 spiro atoms. The maximum Gasteiger partial charge on any atom is 0.198 e. The highest BCUT2D eigenvalue weighted by Crippen LogP contribution is 2.40. The smallest absolute Gasteiger partial charge is 0.198 e. The molecule has 1 heterocycles. The van der Waals surface area contributed by atoms with E-state index in [1.807, 2.05) is 0 Å². The summed E-state index contributed by atoms with van der Waals surface area (Å²) in [7, 11) is 1.74. The number of carbonyl (C=O) groups is 1. The van der Waals surface area contributed by atoms with E-state index >= 15 is 0 Å². The standard InChI is InChI=1S/C9H12N2O2/c1-10-5-8(12)7-4-9(13-11-7)6-2-3-6/h4,6,10H,2-3,5H2,1H3. The van der Waals surface area contributed by atoms with Gasteiger partial charge in [0.15, 0.2) is 11.5 Å². The summed E-state index contributed by atoms with van der Waals surface area (Å²) < 4.78 is 5.06. The van der Waals surface area contributed by atoms with Gasteiger partial charge in [-0.2, -0.15) is 0 Å². The van der Waals surface area contributed by atoms with Gasteiger partial charge in [0, 0.05) is 12.0 Å². The number of aromatic nitrogens is 1. The van der Waals surface area contributed by atoms with Crippen LogP contribution in [0.4, 0.5) is 0 Å². The van der Waals surface area contributed by atoms with Crippen LogP contribution in [0.5, 0.6) is 0 Å². The van der Waals surface area contributed by atoms with Crippen molar-refractivity contribution < 1.29 is 9.32 Å². The van der Waals surface area contributed by atoms with Crippen molar-refractivity contribution >= 4 is 5.78 Å². The summed E-state index contributed by atoms with van der Waals surface area (Å²) in [5, 5.41) is 6.52. The van der Waals surface area contributed by atoms with Gasteiger partial charge in [0.05, 0.1) is 6.54 Å². The van der Waals surface area contributed by atoms with Crippen LogP contribution < -0.4 is 5.32 Å². The molecule has 4 nitrogen and oxygen atoms in total. The zero-order chi connectivity index (χ0) is 9.26. The number of hydrogen-bond donors (Lipinski definition) is 1. The summed E-state index contributed by atoms with van der Waals surface area (Å²) >= 11 is 0. The molecule has 0 bridgehead atoms. The minimum atomic E-state index is -0.0156. The van der Waals surface area contributed by atoms with Crippen LogP contribution in [0, 0.1) is 0 Å². The third kappa shape index (κ3) is 1.78. The number of nitrogens with one attached hydrogen (secondary N) is 1. The minimum absolute atomic E-state index is 0.0156. The lowest BCUT2D eigenvalue weighted by atomic mass is 10.2. The van der Waals surface area contributed by atoms with Crippen LogP contribution in [0.15, 0.2) is 10.6 Å². The van der Waals surface area contributed by atoms with Crippen molar-refractivity contribution in [2.24, 2.45) is 0 Å². The molecule has 0 atom stereocenters. The minimum Gasteiger partial charge on any atom is -0.360 e. The van der Waals surface area contributed by atoms with Gasteiger partial charge < -0.3 is 9.84 Å². The second kappa shape index (κ2) is 3.30. The molecule has 0 amide bonds. The Morgan fingerprint density at radius 2 is 2.54 bits per heavy atom. The van der Waals surface area contributed by atoms with Gasteiger partial charge in [-0.1, -0.05) is 5.16 Å². The summed E-state index contributed by atoms with van der Waals surface area (Å²) in [6.45, 7) is 0.316. The Bertz CT molecular complexity index is 315. The van der Waals surface area contributed by atoms with Crippen molar-refractivity contribution in [2.45, 2.75) is 18.8 Å². The van der Waals surface area contributed by atoms with Crippen molar-refractivity contribution in [3.8, 4) is 0 Å². The van der Waals surface area contributed by atoms with Gasteiger partial charge >= 0.3 is 0 Å². The molecule has 1 saturated carbocycles. The Morgan fingerprint density at radius 1 is 1.77 bits per heavy atom. The van der Waals surface area contributed by atoms with Crippen LogP contribution >= 0.6 is 0 Å². The first-order valence-electron chi connectivity index (χ1n) is 4.45. The van der Waals surface area contributed by atoms with Crippen LogP contribution in [0.25, 0.3) is 0 Å². The van der Waals surface area contributed by atoms with E-state index in [4.69, 9.17) is 4.52 Å². The van der Waals surface area contributed by atoms with Crippen molar-refractivity contribution in [1.29, 1.82) is 0 Å². The molecule has 1 aromatic heterocycles. The molecule has 0 aromatic carbocycles. The normalized spacial score (nSPS) is 16.1. The number of carbonyl (C=O) groups excluding carboxylic acids is 1. The molecular formula is C9H12N2O2.